The van der Waals surface area contributed by atoms with Gasteiger partial charge in [0.1, 0.15) is 0 Å². The number of rotatable bonds is 2. The molecule has 17 rings (SSSR count). The maximum atomic E-state index is 2.67. The van der Waals surface area contributed by atoms with Gasteiger partial charge in [0, 0.05) is 38.4 Å². The van der Waals surface area contributed by atoms with Gasteiger partial charge in [-0.05, 0) is 152 Å². The van der Waals surface area contributed by atoms with Crippen molar-refractivity contribution in [2.75, 3.05) is 0 Å². The molecule has 0 radical (unpaired) electrons. The molecule has 0 unspecified atom stereocenters. The molecule has 69 heavy (non-hydrogen) atoms. The third-order valence-corrected chi connectivity index (χ3v) is 16.2. The van der Waals surface area contributed by atoms with Gasteiger partial charge in [0.25, 0.3) is 6.71 Å². The molecule has 4 heterocycles. The van der Waals surface area contributed by atoms with Crippen LogP contribution in [0.2, 0.25) is 0 Å². The molecule has 3 heteroatoms. The molecule has 13 aromatic carbocycles. The summed E-state index contributed by atoms with van der Waals surface area (Å²) in [6.45, 7) is -0.0589. The number of fused-ring (bicyclic) bond motifs is 23. The topological polar surface area (TPSA) is 9.86 Å². The molecule has 0 fully saturated rings. The number of nitrogens with zero attached hydrogens (tertiary/aromatic N) is 2. The molecular weight excluding hydrogens is 832 g/mol. The van der Waals surface area contributed by atoms with Crippen LogP contribution < -0.4 is 16.4 Å². The van der Waals surface area contributed by atoms with Gasteiger partial charge in [0.05, 0.1) is 16.6 Å². The average molecular weight is 869 g/mol. The fourth-order valence-corrected chi connectivity index (χ4v) is 13.5. The highest BCUT2D eigenvalue weighted by Crippen LogP contribution is 2.47. The second-order valence-corrected chi connectivity index (χ2v) is 19.4. The average Bonchev–Trinajstić information content (AvgIpc) is 3.93. The van der Waals surface area contributed by atoms with Crippen LogP contribution in [0.4, 0.5) is 0 Å². The molecule has 0 bridgehead atoms. The van der Waals surface area contributed by atoms with Crippen LogP contribution in [-0.2, 0) is 0 Å². The lowest BCUT2D eigenvalue weighted by Gasteiger charge is -2.35. The second kappa shape index (κ2) is 12.9. The van der Waals surface area contributed by atoms with Crippen LogP contribution in [0.1, 0.15) is 0 Å². The summed E-state index contributed by atoms with van der Waals surface area (Å²) < 4.78 is 5.28. The van der Waals surface area contributed by atoms with Crippen molar-refractivity contribution in [3.05, 3.63) is 224 Å². The van der Waals surface area contributed by atoms with E-state index in [9.17, 15) is 0 Å². The fourth-order valence-electron chi connectivity index (χ4n) is 13.5. The zero-order valence-electron chi connectivity index (χ0n) is 37.3. The minimum atomic E-state index is -0.0589. The van der Waals surface area contributed by atoms with Crippen molar-refractivity contribution in [3.63, 3.8) is 0 Å². The van der Waals surface area contributed by atoms with E-state index < -0.39 is 0 Å². The van der Waals surface area contributed by atoms with Crippen LogP contribution in [0.25, 0.3) is 142 Å². The Morgan fingerprint density at radius 3 is 1.35 bits per heavy atom. The van der Waals surface area contributed by atoms with Crippen LogP contribution in [0.5, 0.6) is 0 Å². The molecular formula is C66H37BN2. The van der Waals surface area contributed by atoms with Crippen LogP contribution >= 0.6 is 0 Å². The van der Waals surface area contributed by atoms with Gasteiger partial charge in [-0.1, -0.05) is 176 Å². The van der Waals surface area contributed by atoms with Gasteiger partial charge in [-0.3, -0.25) is 0 Å². The Bertz CT molecular complexity index is 4830. The van der Waals surface area contributed by atoms with E-state index in [1.807, 2.05) is 0 Å². The minimum Gasteiger partial charge on any atom is -0.310 e. The Morgan fingerprint density at radius 1 is 0.246 bits per heavy atom. The van der Waals surface area contributed by atoms with E-state index in [1.165, 1.54) is 158 Å². The van der Waals surface area contributed by atoms with Crippen molar-refractivity contribution in [3.8, 4) is 33.6 Å². The molecule has 2 nitrogen and oxygen atoms in total. The third-order valence-electron chi connectivity index (χ3n) is 16.2. The van der Waals surface area contributed by atoms with Crippen LogP contribution in [-0.4, -0.2) is 15.8 Å². The molecule has 0 aliphatic carbocycles. The molecule has 0 atom stereocenters. The molecule has 0 N–H and O–H groups in total. The lowest BCUT2D eigenvalue weighted by Crippen LogP contribution is -2.59. The van der Waals surface area contributed by atoms with Crippen molar-refractivity contribution in [1.29, 1.82) is 0 Å². The number of aromatic nitrogens is 2. The van der Waals surface area contributed by atoms with Gasteiger partial charge in [-0.25, -0.2) is 0 Å². The molecule has 2 aromatic heterocycles. The maximum absolute atomic E-state index is 2.67. The van der Waals surface area contributed by atoms with E-state index in [-0.39, 0.29) is 6.71 Å². The quantitative estimate of drug-likeness (QED) is 0.121. The molecule has 2 aliphatic rings. The third kappa shape index (κ3) is 4.53. The van der Waals surface area contributed by atoms with Gasteiger partial charge < -0.3 is 9.13 Å². The first-order valence-electron chi connectivity index (χ1n) is 24.2. The molecule has 0 amide bonds. The molecule has 15 aromatic rings. The summed E-state index contributed by atoms with van der Waals surface area (Å²) in [5.74, 6) is 0. The Labute approximate surface area is 396 Å². The van der Waals surface area contributed by atoms with Crippen LogP contribution in [0.3, 0.4) is 0 Å². The number of hydrogen-bond donors (Lipinski definition) is 0. The Balaban J connectivity index is 1.12. The predicted molar refractivity (Wildman–Crippen MR) is 296 cm³/mol. The summed E-state index contributed by atoms with van der Waals surface area (Å²) in [6.07, 6.45) is 0. The summed E-state index contributed by atoms with van der Waals surface area (Å²) in [6, 6.07) is 85.1. The van der Waals surface area contributed by atoms with E-state index in [0.717, 1.165) is 0 Å². The molecule has 314 valence electrons. The lowest BCUT2D eigenvalue weighted by atomic mass is 9.33. The highest BCUT2D eigenvalue weighted by atomic mass is 15.0. The molecule has 0 saturated heterocycles. The summed E-state index contributed by atoms with van der Waals surface area (Å²) in [4.78, 5) is 0. The smallest absolute Gasteiger partial charge is 0.253 e. The van der Waals surface area contributed by atoms with Crippen molar-refractivity contribution < 1.29 is 0 Å². The zero-order valence-corrected chi connectivity index (χ0v) is 37.3. The fraction of sp³-hybridized carbons (Fsp3) is 0. The van der Waals surface area contributed by atoms with Crippen molar-refractivity contribution in [2.45, 2.75) is 0 Å². The van der Waals surface area contributed by atoms with Crippen LogP contribution in [0.15, 0.2) is 224 Å². The van der Waals surface area contributed by atoms with Crippen molar-refractivity contribution >= 4 is 131 Å². The first kappa shape index (κ1) is 36.2. The van der Waals surface area contributed by atoms with Gasteiger partial charge in [-0.15, -0.1) is 0 Å². The zero-order chi connectivity index (χ0) is 44.6. The van der Waals surface area contributed by atoms with Crippen LogP contribution in [0, 0.1) is 0 Å². The Kier molecular flexibility index (Phi) is 6.80. The standard InChI is InChI=1S/C66H37BN2/c1-3-16-38(17-4-1)40-30-31-58-52(32-40)55-33-41(39-18-5-2-6-19-39)34-57-65(55)68(58)59-28-15-29-60-63(59)67(57)64-62-49-27-14-13-23-45(49)44-22-9-12-26-48(44)54(62)36-56-53-35-50-46-24-10-7-20-42(46)43-21-8-11-25-47(43)51(50)37-61(53)69(60)66(56)64/h1-37H. The normalized spacial score (nSPS) is 12.9. The Morgan fingerprint density at radius 2 is 0.710 bits per heavy atom. The first-order chi connectivity index (χ1) is 34.3. The van der Waals surface area contributed by atoms with E-state index >= 15 is 0 Å². The SMILES string of the molecule is c1ccc(-c2ccc3c(c2)c2cc(-c4ccccc4)cc4c2n3-c2cccc3c2B4c2c4c5ccccc5c5ccccc5c4cc4c5cc6c7ccccc7c7ccccc7c6cc5n-3c24)cc1. The van der Waals surface area contributed by atoms with E-state index in [2.05, 4.69) is 234 Å². The molecule has 0 saturated carbocycles. The summed E-state index contributed by atoms with van der Waals surface area (Å²) in [5, 5.41) is 20.8. The summed E-state index contributed by atoms with van der Waals surface area (Å²) in [5.41, 5.74) is 16.6. The highest BCUT2D eigenvalue weighted by Gasteiger charge is 2.42. The lowest BCUT2D eigenvalue weighted by molar-refractivity contribution is 1.14. The summed E-state index contributed by atoms with van der Waals surface area (Å²) >= 11 is 0. The highest BCUT2D eigenvalue weighted by molar-refractivity contribution is 7.02. The van der Waals surface area contributed by atoms with E-state index in [0.29, 0.717) is 0 Å². The second-order valence-electron chi connectivity index (χ2n) is 19.4. The van der Waals surface area contributed by atoms with Gasteiger partial charge in [0.2, 0.25) is 0 Å². The Hall–Kier alpha value is -8.92. The van der Waals surface area contributed by atoms with E-state index in [4.69, 9.17) is 0 Å². The van der Waals surface area contributed by atoms with Gasteiger partial charge >= 0.3 is 0 Å². The molecule has 0 spiro atoms. The largest absolute Gasteiger partial charge is 0.310 e. The van der Waals surface area contributed by atoms with Gasteiger partial charge in [-0.2, -0.15) is 0 Å². The monoisotopic (exact) mass is 868 g/mol. The van der Waals surface area contributed by atoms with Gasteiger partial charge in [0.15, 0.2) is 0 Å². The predicted octanol–water partition coefficient (Wildman–Crippen LogP) is 15.3. The number of hydrogen-bond acceptors (Lipinski definition) is 0. The van der Waals surface area contributed by atoms with Crippen molar-refractivity contribution in [2.24, 2.45) is 0 Å². The minimum absolute atomic E-state index is 0.0589. The van der Waals surface area contributed by atoms with Crippen molar-refractivity contribution in [1.82, 2.24) is 9.13 Å². The summed E-state index contributed by atoms with van der Waals surface area (Å²) in [7, 11) is 0. The maximum Gasteiger partial charge on any atom is 0.253 e. The number of benzene rings is 13. The molecule has 2 aliphatic heterocycles. The van der Waals surface area contributed by atoms with E-state index in [1.54, 1.807) is 0 Å². The first-order valence-corrected chi connectivity index (χ1v) is 24.2.